The van der Waals surface area contributed by atoms with Crippen LogP contribution in [0.2, 0.25) is 0 Å². The van der Waals surface area contributed by atoms with E-state index in [1.165, 1.54) is 0 Å². The van der Waals surface area contributed by atoms with Gasteiger partial charge in [-0.2, -0.15) is 0 Å². The number of likely N-dealkylation sites (N-methyl/N-ethyl adjacent to an activating group) is 1. The summed E-state index contributed by atoms with van der Waals surface area (Å²) in [6, 6.07) is 5.75. The van der Waals surface area contributed by atoms with Crippen LogP contribution in [0.4, 0.5) is 11.4 Å². The Morgan fingerprint density at radius 2 is 2.23 bits per heavy atom. The molecule has 0 amide bonds. The van der Waals surface area contributed by atoms with Gasteiger partial charge in [0.2, 0.25) is 0 Å². The van der Waals surface area contributed by atoms with Crippen molar-refractivity contribution < 1.29 is 4.74 Å². The van der Waals surface area contributed by atoms with E-state index in [0.717, 1.165) is 30.3 Å². The molecule has 2 rings (SSSR count). The first kappa shape index (κ1) is 9.99. The fourth-order valence-corrected chi connectivity index (χ4v) is 1.37. The molecule has 1 aliphatic rings. The minimum absolute atomic E-state index is 0. The molecule has 0 unspecified atom stereocenters. The first-order chi connectivity index (χ1) is 5.77. The molecule has 1 aromatic carbocycles. The Kier molecular flexibility index (Phi) is 2.88. The Hall–Kier alpha value is -1.09. The van der Waals surface area contributed by atoms with Crippen molar-refractivity contribution in [3.8, 4) is 5.75 Å². The highest BCUT2D eigenvalue weighted by molar-refractivity contribution is 5.85. The molecule has 0 aliphatic carbocycles. The molecule has 0 saturated carbocycles. The molecule has 0 spiro atoms. The molecule has 0 aromatic heterocycles. The van der Waals surface area contributed by atoms with Crippen molar-refractivity contribution in [1.82, 2.24) is 0 Å². The number of hydrogen-bond donors (Lipinski definition) is 1. The fraction of sp³-hybridized carbons (Fsp3) is 0.333. The zero-order chi connectivity index (χ0) is 8.55. The highest BCUT2D eigenvalue weighted by Crippen LogP contribution is 2.31. The van der Waals surface area contributed by atoms with E-state index in [4.69, 9.17) is 10.5 Å². The van der Waals surface area contributed by atoms with Crippen molar-refractivity contribution in [1.29, 1.82) is 0 Å². The van der Waals surface area contributed by atoms with Gasteiger partial charge in [-0.1, -0.05) is 0 Å². The fourth-order valence-electron chi connectivity index (χ4n) is 1.37. The Labute approximate surface area is 83.9 Å². The molecule has 1 heterocycles. The molecular weight excluding hydrogens is 188 g/mol. The Morgan fingerprint density at radius 1 is 1.46 bits per heavy atom. The quantitative estimate of drug-likeness (QED) is 0.646. The number of hydrogen-bond acceptors (Lipinski definition) is 3. The van der Waals surface area contributed by atoms with Gasteiger partial charge >= 0.3 is 0 Å². The predicted molar refractivity (Wildman–Crippen MR) is 56.9 cm³/mol. The van der Waals surface area contributed by atoms with E-state index in [1.807, 2.05) is 18.2 Å². The average Bonchev–Trinajstić information content (AvgIpc) is 2.04. The summed E-state index contributed by atoms with van der Waals surface area (Å²) in [5, 5.41) is 0. The summed E-state index contributed by atoms with van der Waals surface area (Å²) >= 11 is 0. The van der Waals surface area contributed by atoms with Crippen molar-refractivity contribution >= 4 is 23.8 Å². The zero-order valence-electron chi connectivity index (χ0n) is 7.49. The van der Waals surface area contributed by atoms with Crippen molar-refractivity contribution in [3.05, 3.63) is 18.2 Å². The molecular formula is C9H13ClN2O. The number of benzene rings is 1. The van der Waals surface area contributed by atoms with Crippen LogP contribution in [0.3, 0.4) is 0 Å². The number of nitrogens with zero attached hydrogens (tertiary/aromatic N) is 1. The van der Waals surface area contributed by atoms with Crippen molar-refractivity contribution in [2.45, 2.75) is 0 Å². The van der Waals surface area contributed by atoms with Crippen LogP contribution in [-0.2, 0) is 0 Å². The van der Waals surface area contributed by atoms with Crippen molar-refractivity contribution in [3.63, 3.8) is 0 Å². The van der Waals surface area contributed by atoms with E-state index in [1.54, 1.807) is 0 Å². The van der Waals surface area contributed by atoms with E-state index in [0.29, 0.717) is 0 Å². The molecule has 1 aromatic rings. The van der Waals surface area contributed by atoms with Gasteiger partial charge in [0.15, 0.2) is 0 Å². The molecule has 0 atom stereocenters. The second-order valence-electron chi connectivity index (χ2n) is 3.00. The second-order valence-corrected chi connectivity index (χ2v) is 3.00. The van der Waals surface area contributed by atoms with Gasteiger partial charge < -0.3 is 15.4 Å². The third kappa shape index (κ3) is 1.80. The maximum Gasteiger partial charge on any atom is 0.144 e. The van der Waals surface area contributed by atoms with Crippen LogP contribution >= 0.6 is 12.4 Å². The first-order valence-electron chi connectivity index (χ1n) is 4.01. The van der Waals surface area contributed by atoms with E-state index in [2.05, 4.69) is 11.9 Å². The Balaban J connectivity index is 0.000000845. The zero-order valence-corrected chi connectivity index (χ0v) is 8.30. The number of nitrogens with two attached hydrogens (primary N) is 1. The van der Waals surface area contributed by atoms with Crippen LogP contribution in [0.5, 0.6) is 5.75 Å². The summed E-state index contributed by atoms with van der Waals surface area (Å²) in [6.07, 6.45) is 0. The lowest BCUT2D eigenvalue weighted by molar-refractivity contribution is 0.311. The van der Waals surface area contributed by atoms with Crippen LogP contribution in [0, 0.1) is 0 Å². The largest absolute Gasteiger partial charge is 0.489 e. The number of fused-ring (bicyclic) bond motifs is 1. The number of anilines is 2. The summed E-state index contributed by atoms with van der Waals surface area (Å²) in [6.45, 7) is 1.68. The third-order valence-electron chi connectivity index (χ3n) is 2.08. The van der Waals surface area contributed by atoms with Crippen LogP contribution in [0.15, 0.2) is 18.2 Å². The summed E-state index contributed by atoms with van der Waals surface area (Å²) in [4.78, 5) is 2.16. The van der Waals surface area contributed by atoms with Gasteiger partial charge in [-0.3, -0.25) is 0 Å². The van der Waals surface area contributed by atoms with E-state index >= 15 is 0 Å². The SMILES string of the molecule is CN1CCOc2cc(N)ccc21.Cl. The van der Waals surface area contributed by atoms with Crippen molar-refractivity contribution in [2.24, 2.45) is 0 Å². The summed E-state index contributed by atoms with van der Waals surface area (Å²) in [5.41, 5.74) is 7.50. The van der Waals surface area contributed by atoms with Crippen molar-refractivity contribution in [2.75, 3.05) is 30.8 Å². The van der Waals surface area contributed by atoms with Gasteiger partial charge in [0.05, 0.1) is 12.2 Å². The molecule has 13 heavy (non-hydrogen) atoms. The van der Waals surface area contributed by atoms with Gasteiger partial charge in [-0.05, 0) is 12.1 Å². The van der Waals surface area contributed by atoms with Gasteiger partial charge in [-0.15, -0.1) is 12.4 Å². The molecule has 1 aliphatic heterocycles. The first-order valence-corrected chi connectivity index (χ1v) is 4.01. The van der Waals surface area contributed by atoms with Crippen LogP contribution in [0.1, 0.15) is 0 Å². The predicted octanol–water partition coefficient (Wildman–Crippen LogP) is 1.52. The Morgan fingerprint density at radius 3 is 3.00 bits per heavy atom. The average molecular weight is 201 g/mol. The topological polar surface area (TPSA) is 38.5 Å². The maximum absolute atomic E-state index is 5.63. The lowest BCUT2D eigenvalue weighted by atomic mass is 10.2. The van der Waals surface area contributed by atoms with Crippen LogP contribution in [0.25, 0.3) is 0 Å². The molecule has 0 radical (unpaired) electrons. The highest BCUT2D eigenvalue weighted by Gasteiger charge is 2.13. The standard InChI is InChI=1S/C9H12N2O.ClH/c1-11-4-5-12-9-6-7(10)2-3-8(9)11;/h2-3,6H,4-5,10H2,1H3;1H. The van der Waals surface area contributed by atoms with E-state index in [-0.39, 0.29) is 12.4 Å². The Bertz CT molecular complexity index is 304. The molecule has 3 nitrogen and oxygen atoms in total. The van der Waals surface area contributed by atoms with Gasteiger partial charge in [0, 0.05) is 18.8 Å². The van der Waals surface area contributed by atoms with Gasteiger partial charge in [0.1, 0.15) is 12.4 Å². The normalized spacial score (nSPS) is 14.1. The lowest BCUT2D eigenvalue weighted by Crippen LogP contribution is -2.28. The number of halogens is 1. The van der Waals surface area contributed by atoms with E-state index in [9.17, 15) is 0 Å². The lowest BCUT2D eigenvalue weighted by Gasteiger charge is -2.27. The third-order valence-corrected chi connectivity index (χ3v) is 2.08. The molecule has 0 saturated heterocycles. The van der Waals surface area contributed by atoms with Gasteiger partial charge in [-0.25, -0.2) is 0 Å². The number of ether oxygens (including phenoxy) is 1. The van der Waals surface area contributed by atoms with E-state index < -0.39 is 0 Å². The molecule has 0 bridgehead atoms. The minimum Gasteiger partial charge on any atom is -0.489 e. The summed E-state index contributed by atoms with van der Waals surface area (Å²) < 4.78 is 5.45. The van der Waals surface area contributed by atoms with Crippen LogP contribution in [-0.4, -0.2) is 20.2 Å². The van der Waals surface area contributed by atoms with Gasteiger partial charge in [0.25, 0.3) is 0 Å². The highest BCUT2D eigenvalue weighted by atomic mass is 35.5. The molecule has 2 N–H and O–H groups in total. The smallest absolute Gasteiger partial charge is 0.144 e. The maximum atomic E-state index is 5.63. The summed E-state index contributed by atoms with van der Waals surface area (Å²) in [5.74, 6) is 0.892. The monoisotopic (exact) mass is 200 g/mol. The minimum atomic E-state index is 0. The molecule has 0 fully saturated rings. The molecule has 72 valence electrons. The summed E-state index contributed by atoms with van der Waals surface area (Å²) in [7, 11) is 2.05. The number of rotatable bonds is 0. The van der Waals surface area contributed by atoms with Crippen LogP contribution < -0.4 is 15.4 Å². The second kappa shape index (κ2) is 3.75. The number of nitrogen functional groups attached to an aromatic ring is 1. The molecule has 4 heteroatoms.